The van der Waals surface area contributed by atoms with Crippen molar-refractivity contribution in [1.29, 1.82) is 0 Å². The average molecular weight is 253 g/mol. The van der Waals surface area contributed by atoms with E-state index in [9.17, 15) is 4.79 Å². The number of rotatable bonds is 5. The fraction of sp³-hybridized carbons (Fsp3) is 0.333. The quantitative estimate of drug-likeness (QED) is 0.768. The van der Waals surface area contributed by atoms with E-state index in [2.05, 4.69) is 15.5 Å². The van der Waals surface area contributed by atoms with Crippen molar-refractivity contribution in [2.45, 2.75) is 23.9 Å². The third-order valence-corrected chi connectivity index (χ3v) is 3.16. The van der Waals surface area contributed by atoms with Crippen molar-refractivity contribution >= 4 is 17.7 Å². The van der Waals surface area contributed by atoms with Crippen LogP contribution in [0.15, 0.2) is 28.0 Å². The molecule has 0 aromatic carbocycles. The lowest BCUT2D eigenvalue weighted by Crippen LogP contribution is -2.23. The highest BCUT2D eigenvalue weighted by molar-refractivity contribution is 8.00. The Morgan fingerprint density at radius 1 is 1.71 bits per heavy atom. The molecular weight excluding hydrogens is 242 g/mol. The highest BCUT2D eigenvalue weighted by atomic mass is 32.2. The van der Waals surface area contributed by atoms with Crippen LogP contribution in [0, 0.1) is 0 Å². The van der Waals surface area contributed by atoms with E-state index in [1.807, 2.05) is 6.07 Å². The Morgan fingerprint density at radius 2 is 2.53 bits per heavy atom. The fourth-order valence-electron chi connectivity index (χ4n) is 1.15. The minimum Gasteiger partial charge on any atom is -0.467 e. The summed E-state index contributed by atoms with van der Waals surface area (Å²) in [6.07, 6.45) is 1.58. The molecule has 0 aliphatic heterocycles. The van der Waals surface area contributed by atoms with E-state index in [4.69, 9.17) is 10.2 Å². The van der Waals surface area contributed by atoms with Crippen LogP contribution in [0.2, 0.25) is 0 Å². The van der Waals surface area contributed by atoms with E-state index in [0.29, 0.717) is 11.7 Å². The van der Waals surface area contributed by atoms with Gasteiger partial charge in [0, 0.05) is 0 Å². The Balaban J connectivity index is 2.09. The molecule has 2 rings (SSSR count). The maximum Gasteiger partial charge on any atom is 0.230 e. The maximum absolute atomic E-state index is 11.0. The van der Waals surface area contributed by atoms with Crippen LogP contribution in [0.3, 0.4) is 0 Å². The van der Waals surface area contributed by atoms with E-state index >= 15 is 0 Å². The predicted molar refractivity (Wildman–Crippen MR) is 60.1 cm³/mol. The van der Waals surface area contributed by atoms with Crippen molar-refractivity contribution < 1.29 is 9.21 Å². The normalized spacial score (nSPS) is 12.5. The SMILES string of the molecule is C[C@@H](Sc1nnnn1Cc1ccco1)C(N)=O. The first kappa shape index (κ1) is 11.6. The summed E-state index contributed by atoms with van der Waals surface area (Å²) in [5.74, 6) is 0.341. The number of furan rings is 1. The zero-order chi connectivity index (χ0) is 12.3. The molecule has 0 saturated heterocycles. The molecule has 1 atom stereocenters. The monoisotopic (exact) mass is 253 g/mol. The first-order valence-electron chi connectivity index (χ1n) is 4.91. The van der Waals surface area contributed by atoms with Crippen molar-refractivity contribution in [3.05, 3.63) is 24.2 Å². The molecule has 90 valence electrons. The number of aromatic nitrogens is 4. The van der Waals surface area contributed by atoms with Crippen LogP contribution in [-0.2, 0) is 11.3 Å². The molecule has 0 aliphatic carbocycles. The van der Waals surface area contributed by atoms with Gasteiger partial charge < -0.3 is 10.2 Å². The van der Waals surface area contributed by atoms with Gasteiger partial charge >= 0.3 is 0 Å². The molecule has 2 N–H and O–H groups in total. The number of hydrogen-bond donors (Lipinski definition) is 1. The molecule has 2 heterocycles. The number of nitrogens with two attached hydrogens (primary N) is 1. The molecule has 2 aromatic heterocycles. The van der Waals surface area contributed by atoms with Gasteiger partial charge in [0.1, 0.15) is 12.3 Å². The molecule has 17 heavy (non-hydrogen) atoms. The Bertz CT molecular complexity index is 495. The van der Waals surface area contributed by atoms with Gasteiger partial charge in [-0.15, -0.1) is 5.10 Å². The molecular formula is C9H11N5O2S. The Hall–Kier alpha value is -1.83. The number of nitrogens with zero attached hydrogens (tertiary/aromatic N) is 4. The second-order valence-electron chi connectivity index (χ2n) is 3.36. The molecule has 8 heteroatoms. The first-order chi connectivity index (χ1) is 8.16. The molecule has 0 fully saturated rings. The number of thioether (sulfide) groups is 1. The van der Waals surface area contributed by atoms with Gasteiger partial charge in [0.25, 0.3) is 0 Å². The van der Waals surface area contributed by atoms with E-state index < -0.39 is 5.91 Å². The van der Waals surface area contributed by atoms with Gasteiger partial charge in [-0.1, -0.05) is 11.8 Å². The molecule has 0 spiro atoms. The highest BCUT2D eigenvalue weighted by Gasteiger charge is 2.16. The van der Waals surface area contributed by atoms with Gasteiger partial charge in [-0.3, -0.25) is 4.79 Å². The third kappa shape index (κ3) is 2.84. The molecule has 0 saturated carbocycles. The lowest BCUT2D eigenvalue weighted by molar-refractivity contribution is -0.117. The Labute approximate surface area is 101 Å². The number of hydrogen-bond acceptors (Lipinski definition) is 6. The summed E-state index contributed by atoms with van der Waals surface area (Å²) in [6.45, 7) is 2.13. The molecule has 1 amide bonds. The molecule has 2 aromatic rings. The van der Waals surface area contributed by atoms with Crippen molar-refractivity contribution in [2.75, 3.05) is 0 Å². The number of tetrazole rings is 1. The summed E-state index contributed by atoms with van der Waals surface area (Å²) in [6, 6.07) is 3.62. The molecule has 0 radical (unpaired) electrons. The fourth-order valence-corrected chi connectivity index (χ4v) is 1.89. The van der Waals surface area contributed by atoms with E-state index in [1.54, 1.807) is 23.9 Å². The molecule has 0 aliphatic rings. The Morgan fingerprint density at radius 3 is 3.18 bits per heavy atom. The van der Waals surface area contributed by atoms with Gasteiger partial charge in [0.2, 0.25) is 11.1 Å². The Kier molecular flexibility index (Phi) is 3.43. The van der Waals surface area contributed by atoms with Crippen LogP contribution in [-0.4, -0.2) is 31.4 Å². The van der Waals surface area contributed by atoms with Crippen molar-refractivity contribution in [3.63, 3.8) is 0 Å². The summed E-state index contributed by atoms with van der Waals surface area (Å²) < 4.78 is 6.76. The van der Waals surface area contributed by atoms with Gasteiger partial charge in [-0.25, -0.2) is 4.68 Å². The van der Waals surface area contributed by atoms with Gasteiger partial charge in [0.05, 0.1) is 11.5 Å². The first-order valence-corrected chi connectivity index (χ1v) is 5.79. The van der Waals surface area contributed by atoms with Gasteiger partial charge in [-0.05, 0) is 29.5 Å². The zero-order valence-corrected chi connectivity index (χ0v) is 9.92. The number of carbonyl (C=O) groups excluding carboxylic acids is 1. The van der Waals surface area contributed by atoms with Crippen LogP contribution in [0.1, 0.15) is 12.7 Å². The second kappa shape index (κ2) is 5.00. The van der Waals surface area contributed by atoms with Gasteiger partial charge in [-0.2, -0.15) is 0 Å². The average Bonchev–Trinajstić information content (AvgIpc) is 2.91. The minimum absolute atomic E-state index is 0.378. The summed E-state index contributed by atoms with van der Waals surface area (Å²) in [5, 5.41) is 11.4. The highest BCUT2D eigenvalue weighted by Crippen LogP contribution is 2.20. The van der Waals surface area contributed by atoms with Crippen LogP contribution < -0.4 is 5.73 Å². The summed E-state index contributed by atoms with van der Waals surface area (Å²) in [7, 11) is 0. The number of carbonyl (C=O) groups is 1. The van der Waals surface area contributed by atoms with Crippen LogP contribution in [0.5, 0.6) is 0 Å². The maximum atomic E-state index is 11.0. The molecule has 7 nitrogen and oxygen atoms in total. The van der Waals surface area contributed by atoms with E-state index in [-0.39, 0.29) is 5.25 Å². The van der Waals surface area contributed by atoms with Crippen molar-refractivity contribution in [1.82, 2.24) is 20.2 Å². The topological polar surface area (TPSA) is 99.8 Å². The zero-order valence-electron chi connectivity index (χ0n) is 9.11. The van der Waals surface area contributed by atoms with Crippen LogP contribution >= 0.6 is 11.8 Å². The standard InChI is InChI=1S/C9H11N5O2S/c1-6(8(10)15)17-9-11-12-13-14(9)5-7-3-2-4-16-7/h2-4,6H,5H2,1H3,(H2,10,15)/t6-/m1/s1. The molecule has 0 bridgehead atoms. The summed E-state index contributed by atoms with van der Waals surface area (Å²) >= 11 is 1.22. The second-order valence-corrected chi connectivity index (χ2v) is 4.67. The van der Waals surface area contributed by atoms with Gasteiger partial charge in [0.15, 0.2) is 0 Å². The largest absolute Gasteiger partial charge is 0.467 e. The third-order valence-electron chi connectivity index (χ3n) is 2.07. The predicted octanol–water partition coefficient (Wildman–Crippen LogP) is 0.280. The number of amides is 1. The number of primary amides is 1. The van der Waals surface area contributed by atoms with E-state index in [0.717, 1.165) is 5.76 Å². The van der Waals surface area contributed by atoms with Crippen LogP contribution in [0.4, 0.5) is 0 Å². The summed E-state index contributed by atoms with van der Waals surface area (Å²) in [4.78, 5) is 11.0. The smallest absolute Gasteiger partial charge is 0.230 e. The van der Waals surface area contributed by atoms with Crippen molar-refractivity contribution in [2.24, 2.45) is 5.73 Å². The molecule has 0 unspecified atom stereocenters. The summed E-state index contributed by atoms with van der Waals surface area (Å²) in [5.41, 5.74) is 5.18. The van der Waals surface area contributed by atoms with Crippen molar-refractivity contribution in [3.8, 4) is 0 Å². The lowest BCUT2D eigenvalue weighted by atomic mass is 10.4. The van der Waals surface area contributed by atoms with E-state index in [1.165, 1.54) is 11.8 Å². The lowest BCUT2D eigenvalue weighted by Gasteiger charge is -2.05. The van der Waals surface area contributed by atoms with Crippen LogP contribution in [0.25, 0.3) is 0 Å². The minimum atomic E-state index is -0.400.